The molecule has 0 radical (unpaired) electrons. The van der Waals surface area contributed by atoms with Gasteiger partial charge in [0.25, 0.3) is 0 Å². The quantitative estimate of drug-likeness (QED) is 0.840. The highest BCUT2D eigenvalue weighted by Crippen LogP contribution is 2.29. The molecule has 0 amide bonds. The lowest BCUT2D eigenvalue weighted by Gasteiger charge is -2.08. The molecule has 5 heteroatoms. The highest BCUT2D eigenvalue weighted by molar-refractivity contribution is 6.31. The molecule has 0 aromatic heterocycles. The maximum Gasteiger partial charge on any atom is 0.356 e. The summed E-state index contributed by atoms with van der Waals surface area (Å²) >= 11 is 6.04. The second-order valence-electron chi connectivity index (χ2n) is 3.46. The largest absolute Gasteiger partial charge is 0.461 e. The van der Waals surface area contributed by atoms with Crippen molar-refractivity contribution in [1.29, 1.82) is 0 Å². The van der Waals surface area contributed by atoms with E-state index in [9.17, 15) is 4.79 Å². The monoisotopic (exact) mass is 253 g/mol. The van der Waals surface area contributed by atoms with Crippen LogP contribution in [0.4, 0.5) is 0 Å². The highest BCUT2D eigenvalue weighted by Gasteiger charge is 2.24. The van der Waals surface area contributed by atoms with Crippen molar-refractivity contribution in [2.24, 2.45) is 0 Å². The molecular formula is C12H12ClNO3. The van der Waals surface area contributed by atoms with Crippen LogP contribution in [0, 0.1) is 0 Å². The van der Waals surface area contributed by atoms with Gasteiger partial charge >= 0.3 is 5.97 Å². The zero-order valence-electron chi connectivity index (χ0n) is 9.27. The third kappa shape index (κ3) is 2.60. The number of hydrogen-bond acceptors (Lipinski definition) is 4. The van der Waals surface area contributed by atoms with Crippen molar-refractivity contribution in [3.05, 3.63) is 46.6 Å². The number of hydroxylamine groups is 1. The number of halogens is 1. The van der Waals surface area contributed by atoms with Crippen LogP contribution >= 0.6 is 11.6 Å². The topological polar surface area (TPSA) is 47.6 Å². The predicted molar refractivity (Wildman–Crippen MR) is 63.1 cm³/mol. The molecule has 0 saturated heterocycles. The highest BCUT2D eigenvalue weighted by atomic mass is 35.5. The molecule has 0 saturated carbocycles. The lowest BCUT2D eigenvalue weighted by Crippen LogP contribution is -2.17. The van der Waals surface area contributed by atoms with E-state index in [1.54, 1.807) is 19.1 Å². The minimum absolute atomic E-state index is 0.303. The first-order valence-electron chi connectivity index (χ1n) is 5.27. The van der Waals surface area contributed by atoms with Gasteiger partial charge in [0.15, 0.2) is 0 Å². The fourth-order valence-electron chi connectivity index (χ4n) is 1.52. The van der Waals surface area contributed by atoms with Crippen LogP contribution in [-0.2, 0) is 14.4 Å². The molecule has 17 heavy (non-hydrogen) atoms. The SMILES string of the molecule is CCOC(=O)C1=CC(c2ccccc2Cl)ON1. The minimum Gasteiger partial charge on any atom is -0.461 e. The summed E-state index contributed by atoms with van der Waals surface area (Å²) in [6.07, 6.45) is 1.28. The molecule has 0 fully saturated rings. The number of benzene rings is 1. The van der Waals surface area contributed by atoms with Crippen LogP contribution < -0.4 is 5.48 Å². The van der Waals surface area contributed by atoms with E-state index < -0.39 is 5.97 Å². The van der Waals surface area contributed by atoms with Gasteiger partial charge in [0.1, 0.15) is 11.8 Å². The van der Waals surface area contributed by atoms with Crippen LogP contribution in [0.2, 0.25) is 5.02 Å². The Morgan fingerprint density at radius 2 is 2.29 bits per heavy atom. The molecule has 0 bridgehead atoms. The molecule has 2 rings (SSSR count). The van der Waals surface area contributed by atoms with Gasteiger partial charge < -0.3 is 4.74 Å². The van der Waals surface area contributed by atoms with Gasteiger partial charge in [0.2, 0.25) is 0 Å². The second-order valence-corrected chi connectivity index (χ2v) is 3.87. The lowest BCUT2D eigenvalue weighted by molar-refractivity contribution is -0.140. The number of carbonyl (C=O) groups excluding carboxylic acids is 1. The third-order valence-electron chi connectivity index (χ3n) is 2.32. The van der Waals surface area contributed by atoms with Crippen molar-refractivity contribution >= 4 is 17.6 Å². The van der Waals surface area contributed by atoms with Crippen LogP contribution in [0.25, 0.3) is 0 Å². The fourth-order valence-corrected chi connectivity index (χ4v) is 1.77. The van der Waals surface area contributed by atoms with Gasteiger partial charge in [-0.25, -0.2) is 4.79 Å². The Bertz CT molecular complexity index is 459. The summed E-state index contributed by atoms with van der Waals surface area (Å²) in [4.78, 5) is 16.7. The van der Waals surface area contributed by atoms with Crippen LogP contribution in [0.3, 0.4) is 0 Å². The summed E-state index contributed by atoms with van der Waals surface area (Å²) in [7, 11) is 0. The van der Waals surface area contributed by atoms with Crippen molar-refractivity contribution in [3.63, 3.8) is 0 Å². The Labute approximate surface area is 104 Å². The fraction of sp³-hybridized carbons (Fsp3) is 0.250. The van der Waals surface area contributed by atoms with E-state index in [-0.39, 0.29) is 6.10 Å². The first-order valence-corrected chi connectivity index (χ1v) is 5.65. The molecule has 0 aliphatic carbocycles. The number of ether oxygens (including phenoxy) is 1. The molecule has 90 valence electrons. The van der Waals surface area contributed by atoms with Gasteiger partial charge in [-0.15, -0.1) is 0 Å². The summed E-state index contributed by atoms with van der Waals surface area (Å²) in [6.45, 7) is 2.08. The van der Waals surface area contributed by atoms with Crippen LogP contribution in [0.1, 0.15) is 18.6 Å². The molecule has 1 unspecified atom stereocenters. The number of carbonyl (C=O) groups is 1. The summed E-state index contributed by atoms with van der Waals surface area (Å²) in [5.41, 5.74) is 3.65. The van der Waals surface area contributed by atoms with Gasteiger partial charge in [0, 0.05) is 10.6 Å². The second kappa shape index (κ2) is 5.21. The molecule has 1 heterocycles. The normalized spacial score (nSPS) is 18.5. The maximum atomic E-state index is 11.4. The van der Waals surface area contributed by atoms with E-state index in [1.807, 2.05) is 18.2 Å². The van der Waals surface area contributed by atoms with E-state index >= 15 is 0 Å². The number of rotatable bonds is 3. The molecule has 4 nitrogen and oxygen atoms in total. The summed E-state index contributed by atoms with van der Waals surface area (Å²) in [5.74, 6) is -0.429. The average molecular weight is 254 g/mol. The zero-order chi connectivity index (χ0) is 12.3. The molecular weight excluding hydrogens is 242 g/mol. The number of hydrogen-bond donors (Lipinski definition) is 1. The molecule has 1 aliphatic heterocycles. The van der Waals surface area contributed by atoms with E-state index in [4.69, 9.17) is 21.2 Å². The Morgan fingerprint density at radius 1 is 1.53 bits per heavy atom. The third-order valence-corrected chi connectivity index (χ3v) is 2.67. The van der Waals surface area contributed by atoms with Crippen molar-refractivity contribution in [1.82, 2.24) is 5.48 Å². The molecule has 1 atom stereocenters. The smallest absolute Gasteiger partial charge is 0.356 e. The van der Waals surface area contributed by atoms with Crippen LogP contribution in [-0.4, -0.2) is 12.6 Å². The number of nitrogens with one attached hydrogen (secondary N) is 1. The van der Waals surface area contributed by atoms with Gasteiger partial charge in [-0.1, -0.05) is 29.8 Å². The molecule has 1 aliphatic rings. The molecule has 1 aromatic carbocycles. The Hall–Kier alpha value is -1.52. The summed E-state index contributed by atoms with van der Waals surface area (Å²) in [5, 5.41) is 0.598. The predicted octanol–water partition coefficient (Wildman–Crippen LogP) is 2.36. The Balaban J connectivity index is 2.16. The van der Waals surface area contributed by atoms with E-state index in [1.165, 1.54) is 0 Å². The lowest BCUT2D eigenvalue weighted by atomic mass is 10.1. The molecule has 1 N–H and O–H groups in total. The van der Waals surface area contributed by atoms with Crippen molar-refractivity contribution < 1.29 is 14.4 Å². The summed E-state index contributed by atoms with van der Waals surface area (Å²) in [6, 6.07) is 7.32. The van der Waals surface area contributed by atoms with Crippen LogP contribution in [0.15, 0.2) is 36.0 Å². The minimum atomic E-state index is -0.429. The average Bonchev–Trinajstić information content (AvgIpc) is 2.79. The maximum absolute atomic E-state index is 11.4. The van der Waals surface area contributed by atoms with Gasteiger partial charge in [-0.05, 0) is 19.1 Å². The number of esters is 1. The Morgan fingerprint density at radius 3 is 3.00 bits per heavy atom. The zero-order valence-corrected chi connectivity index (χ0v) is 10.0. The van der Waals surface area contributed by atoms with Gasteiger partial charge in [-0.3, -0.25) is 10.3 Å². The van der Waals surface area contributed by atoms with Crippen molar-refractivity contribution in [2.75, 3.05) is 6.61 Å². The summed E-state index contributed by atoms with van der Waals surface area (Å²) < 4.78 is 4.86. The van der Waals surface area contributed by atoms with E-state index in [2.05, 4.69) is 5.48 Å². The van der Waals surface area contributed by atoms with E-state index in [0.717, 1.165) is 5.56 Å². The standard InChI is InChI=1S/C12H12ClNO3/c1-2-16-12(15)10-7-11(17-14-10)8-5-3-4-6-9(8)13/h3-7,11,14H,2H2,1H3. The van der Waals surface area contributed by atoms with E-state index in [0.29, 0.717) is 17.3 Å². The van der Waals surface area contributed by atoms with Gasteiger partial charge in [-0.2, -0.15) is 0 Å². The van der Waals surface area contributed by atoms with Gasteiger partial charge in [0.05, 0.1) is 6.61 Å². The van der Waals surface area contributed by atoms with Crippen LogP contribution in [0.5, 0.6) is 0 Å². The first-order chi connectivity index (χ1) is 8.22. The molecule has 0 spiro atoms. The van der Waals surface area contributed by atoms with Crippen molar-refractivity contribution in [2.45, 2.75) is 13.0 Å². The van der Waals surface area contributed by atoms with Crippen molar-refractivity contribution in [3.8, 4) is 0 Å². The Kier molecular flexibility index (Phi) is 3.66. The first kappa shape index (κ1) is 12.0. The molecule has 1 aromatic rings.